The molecular weight excluding hydrogens is 420 g/mol. The summed E-state index contributed by atoms with van der Waals surface area (Å²) in [6.07, 6.45) is 3.36. The number of rotatable bonds is 13. The van der Waals surface area contributed by atoms with Crippen molar-refractivity contribution >= 4 is 17.7 Å². The van der Waals surface area contributed by atoms with Gasteiger partial charge in [-0.3, -0.25) is 30.0 Å². The van der Waals surface area contributed by atoms with Gasteiger partial charge < -0.3 is 5.73 Å². The molecule has 1 rings (SSSR count). The maximum absolute atomic E-state index is 13.3. The van der Waals surface area contributed by atoms with Gasteiger partial charge in [-0.15, -0.1) is 0 Å². The van der Waals surface area contributed by atoms with Crippen molar-refractivity contribution in [2.75, 3.05) is 6.54 Å². The molecule has 33 heavy (non-hydrogen) atoms. The molecule has 8 nitrogen and oxygen atoms in total. The molecule has 5 N–H and O–H groups in total. The van der Waals surface area contributed by atoms with Crippen molar-refractivity contribution in [2.45, 2.75) is 72.8 Å². The summed E-state index contributed by atoms with van der Waals surface area (Å²) in [6, 6.07) is 9.32. The van der Waals surface area contributed by atoms with Crippen LogP contribution in [-0.2, 0) is 20.8 Å². The lowest BCUT2D eigenvalue weighted by Crippen LogP contribution is -2.55. The Morgan fingerprint density at radius 3 is 2.09 bits per heavy atom. The molecule has 3 amide bonds. The number of benzene rings is 1. The zero-order chi connectivity index (χ0) is 25.0. The van der Waals surface area contributed by atoms with Crippen molar-refractivity contribution < 1.29 is 19.6 Å². The zero-order valence-corrected chi connectivity index (χ0v) is 20.7. The van der Waals surface area contributed by atoms with Crippen molar-refractivity contribution in [2.24, 2.45) is 29.4 Å². The topological polar surface area (TPSA) is 125 Å². The Bertz CT molecular complexity index is 737. The van der Waals surface area contributed by atoms with Crippen LogP contribution in [0.2, 0.25) is 0 Å². The van der Waals surface area contributed by atoms with Gasteiger partial charge in [0.1, 0.15) is 0 Å². The standard InChI is InChI=1S/C25H42N4O4/c1-17(2)15-22(23(30)27-29(16-18(3)4)25(32)19(5)26)21(24(31)28-33)14-10-9-13-20-11-7-6-8-12-20/h6-8,11-12,17-19,21-22,33H,9-10,13-16,26H2,1-5H3,(H,27,30)(H,28,31)/t19-,21-,22?/m1/s1. The molecule has 0 aliphatic carbocycles. The van der Waals surface area contributed by atoms with Gasteiger partial charge in [0.25, 0.3) is 5.91 Å². The maximum atomic E-state index is 13.3. The molecule has 0 fully saturated rings. The van der Waals surface area contributed by atoms with Crippen LogP contribution < -0.4 is 16.6 Å². The van der Waals surface area contributed by atoms with Crippen LogP contribution in [0, 0.1) is 23.7 Å². The van der Waals surface area contributed by atoms with Crippen molar-refractivity contribution in [1.82, 2.24) is 15.9 Å². The number of carbonyl (C=O) groups is 3. The second-order valence-corrected chi connectivity index (χ2v) is 9.66. The van der Waals surface area contributed by atoms with Gasteiger partial charge in [0.05, 0.1) is 17.9 Å². The smallest absolute Gasteiger partial charge is 0.257 e. The van der Waals surface area contributed by atoms with E-state index in [4.69, 9.17) is 5.73 Å². The molecule has 0 spiro atoms. The maximum Gasteiger partial charge on any atom is 0.257 e. The average molecular weight is 463 g/mol. The fourth-order valence-electron chi connectivity index (χ4n) is 3.92. The summed E-state index contributed by atoms with van der Waals surface area (Å²) in [7, 11) is 0. The van der Waals surface area contributed by atoms with E-state index in [0.29, 0.717) is 19.4 Å². The fourth-order valence-corrected chi connectivity index (χ4v) is 3.92. The van der Waals surface area contributed by atoms with E-state index in [2.05, 4.69) is 17.6 Å². The number of unbranched alkanes of at least 4 members (excludes halogenated alkanes) is 1. The van der Waals surface area contributed by atoms with Crippen molar-refractivity contribution in [3.05, 3.63) is 35.9 Å². The predicted molar refractivity (Wildman–Crippen MR) is 129 cm³/mol. The van der Waals surface area contributed by atoms with E-state index in [1.165, 1.54) is 10.6 Å². The first kappa shape index (κ1) is 28.6. The van der Waals surface area contributed by atoms with E-state index in [0.717, 1.165) is 19.3 Å². The zero-order valence-electron chi connectivity index (χ0n) is 20.7. The Morgan fingerprint density at radius 1 is 0.939 bits per heavy atom. The fraction of sp³-hybridized carbons (Fsp3) is 0.640. The minimum Gasteiger partial charge on any atom is -0.320 e. The molecule has 0 aliphatic rings. The highest BCUT2D eigenvalue weighted by Gasteiger charge is 2.35. The molecule has 0 radical (unpaired) electrons. The van der Waals surface area contributed by atoms with Crippen molar-refractivity contribution in [3.8, 4) is 0 Å². The van der Waals surface area contributed by atoms with Crippen LogP contribution in [0.5, 0.6) is 0 Å². The van der Waals surface area contributed by atoms with Crippen molar-refractivity contribution in [3.63, 3.8) is 0 Å². The molecule has 1 aromatic rings. The SMILES string of the molecule is CC(C)CC(C(=O)NN(CC(C)C)C(=O)[C@@H](C)N)[C@@H](CCCCc1ccccc1)C(=O)NO. The van der Waals surface area contributed by atoms with Gasteiger partial charge in [-0.25, -0.2) is 5.48 Å². The molecule has 0 aromatic heterocycles. The molecule has 8 heteroatoms. The van der Waals surface area contributed by atoms with Crippen LogP contribution in [0.1, 0.15) is 65.9 Å². The molecule has 0 aliphatic heterocycles. The quantitative estimate of drug-likeness (QED) is 0.204. The number of hydrogen-bond acceptors (Lipinski definition) is 5. The van der Waals surface area contributed by atoms with Crippen molar-refractivity contribution in [1.29, 1.82) is 0 Å². The number of nitrogens with one attached hydrogen (secondary N) is 2. The lowest BCUT2D eigenvalue weighted by Gasteiger charge is -2.31. The van der Waals surface area contributed by atoms with Crippen LogP contribution in [-0.4, -0.2) is 40.5 Å². The third kappa shape index (κ3) is 10.4. The molecule has 3 atom stereocenters. The summed E-state index contributed by atoms with van der Waals surface area (Å²) in [4.78, 5) is 38.4. The number of nitrogens with two attached hydrogens (primary N) is 1. The van der Waals surface area contributed by atoms with Crippen LogP contribution in [0.3, 0.4) is 0 Å². The molecular formula is C25H42N4O4. The predicted octanol–water partition coefficient (Wildman–Crippen LogP) is 3.05. The Labute approximate surface area is 198 Å². The van der Waals surface area contributed by atoms with Gasteiger partial charge in [0, 0.05) is 6.54 Å². The molecule has 1 aromatic carbocycles. The van der Waals surface area contributed by atoms with Gasteiger partial charge in [0.15, 0.2) is 0 Å². The number of nitrogens with zero attached hydrogens (tertiary/aromatic N) is 1. The lowest BCUT2D eigenvalue weighted by molar-refractivity contribution is -0.148. The number of amides is 3. The van der Waals surface area contributed by atoms with Gasteiger partial charge in [0.2, 0.25) is 11.8 Å². The minimum atomic E-state index is -0.762. The van der Waals surface area contributed by atoms with E-state index < -0.39 is 29.7 Å². The number of hydrazine groups is 1. The summed E-state index contributed by atoms with van der Waals surface area (Å²) in [5.41, 5.74) is 11.4. The van der Waals surface area contributed by atoms with Crippen LogP contribution in [0.25, 0.3) is 0 Å². The summed E-state index contributed by atoms with van der Waals surface area (Å²) in [5.74, 6) is -2.51. The van der Waals surface area contributed by atoms with Gasteiger partial charge in [-0.05, 0) is 50.0 Å². The minimum absolute atomic E-state index is 0.117. The number of aryl methyl sites for hydroxylation is 1. The number of hydrogen-bond donors (Lipinski definition) is 4. The molecule has 1 unspecified atom stereocenters. The Hall–Kier alpha value is -2.45. The van der Waals surface area contributed by atoms with Crippen LogP contribution >= 0.6 is 0 Å². The number of hydroxylamine groups is 1. The molecule has 0 heterocycles. The monoisotopic (exact) mass is 462 g/mol. The first-order valence-electron chi connectivity index (χ1n) is 11.9. The normalized spacial score (nSPS) is 14.0. The third-order valence-corrected chi connectivity index (χ3v) is 5.52. The first-order chi connectivity index (χ1) is 15.6. The van der Waals surface area contributed by atoms with E-state index >= 15 is 0 Å². The lowest BCUT2D eigenvalue weighted by atomic mass is 9.81. The summed E-state index contributed by atoms with van der Waals surface area (Å²) >= 11 is 0. The molecule has 0 bridgehead atoms. The summed E-state index contributed by atoms with van der Waals surface area (Å²) < 4.78 is 0. The average Bonchev–Trinajstić information content (AvgIpc) is 2.76. The highest BCUT2D eigenvalue weighted by atomic mass is 16.5. The Balaban J connectivity index is 2.97. The molecule has 0 saturated carbocycles. The van der Waals surface area contributed by atoms with Gasteiger partial charge >= 0.3 is 0 Å². The summed E-state index contributed by atoms with van der Waals surface area (Å²) in [6.45, 7) is 9.71. The second kappa shape index (κ2) is 14.6. The Kier molecular flexibility index (Phi) is 12.7. The highest BCUT2D eigenvalue weighted by molar-refractivity contribution is 5.89. The van der Waals surface area contributed by atoms with Crippen LogP contribution in [0.4, 0.5) is 0 Å². The second-order valence-electron chi connectivity index (χ2n) is 9.66. The van der Waals surface area contributed by atoms with Gasteiger partial charge in [-0.2, -0.15) is 0 Å². The first-order valence-corrected chi connectivity index (χ1v) is 11.9. The molecule has 186 valence electrons. The summed E-state index contributed by atoms with van der Waals surface area (Å²) in [5, 5.41) is 10.6. The third-order valence-electron chi connectivity index (χ3n) is 5.52. The Morgan fingerprint density at radius 2 is 1.58 bits per heavy atom. The van der Waals surface area contributed by atoms with E-state index in [1.807, 2.05) is 45.9 Å². The number of carbonyl (C=O) groups excluding carboxylic acids is 3. The van der Waals surface area contributed by atoms with E-state index in [1.54, 1.807) is 12.4 Å². The molecule has 0 saturated heterocycles. The van der Waals surface area contributed by atoms with E-state index in [-0.39, 0.29) is 17.7 Å². The largest absolute Gasteiger partial charge is 0.320 e. The van der Waals surface area contributed by atoms with E-state index in [9.17, 15) is 19.6 Å². The highest BCUT2D eigenvalue weighted by Crippen LogP contribution is 2.27. The van der Waals surface area contributed by atoms with Crippen LogP contribution in [0.15, 0.2) is 30.3 Å². The van der Waals surface area contributed by atoms with Gasteiger partial charge in [-0.1, -0.05) is 64.4 Å².